The molecule has 1 N–H and O–H groups in total. The molecule has 0 saturated carbocycles. The second-order valence-corrected chi connectivity index (χ2v) is 7.47. The standard InChI is InChI=1S/C16H34N2O/c1-8-9-17-13(2)10-14(3)18-11-15(4,5)19-16(6,7)12-18/h13-14,17H,8-12H2,1-7H3. The Labute approximate surface area is 120 Å². The first-order valence-corrected chi connectivity index (χ1v) is 7.83. The number of nitrogens with one attached hydrogen (secondary N) is 1. The molecule has 3 heteroatoms. The van der Waals surface area contributed by atoms with Crippen LogP contribution in [0.3, 0.4) is 0 Å². The van der Waals surface area contributed by atoms with Crippen molar-refractivity contribution in [1.29, 1.82) is 0 Å². The highest BCUT2D eigenvalue weighted by atomic mass is 16.5. The Balaban J connectivity index is 2.53. The van der Waals surface area contributed by atoms with E-state index in [1.165, 1.54) is 12.8 Å². The van der Waals surface area contributed by atoms with Crippen LogP contribution in [0.2, 0.25) is 0 Å². The molecule has 1 rings (SSSR count). The number of rotatable bonds is 6. The van der Waals surface area contributed by atoms with E-state index in [1.807, 2.05) is 0 Å². The van der Waals surface area contributed by atoms with Crippen LogP contribution in [0.1, 0.15) is 61.3 Å². The third-order valence-electron chi connectivity index (χ3n) is 3.78. The molecule has 0 aromatic carbocycles. The molecule has 1 aliphatic heterocycles. The maximum Gasteiger partial charge on any atom is 0.0760 e. The van der Waals surface area contributed by atoms with Crippen LogP contribution < -0.4 is 5.32 Å². The van der Waals surface area contributed by atoms with Gasteiger partial charge in [-0.3, -0.25) is 4.90 Å². The number of morpholine rings is 1. The van der Waals surface area contributed by atoms with Crippen LogP contribution >= 0.6 is 0 Å². The van der Waals surface area contributed by atoms with Gasteiger partial charge in [-0.1, -0.05) is 6.92 Å². The number of ether oxygens (including phenoxy) is 1. The third-order valence-corrected chi connectivity index (χ3v) is 3.78. The van der Waals surface area contributed by atoms with E-state index in [0.29, 0.717) is 12.1 Å². The second kappa shape index (κ2) is 6.55. The van der Waals surface area contributed by atoms with E-state index >= 15 is 0 Å². The minimum absolute atomic E-state index is 0.0455. The van der Waals surface area contributed by atoms with Crippen molar-refractivity contribution in [2.75, 3.05) is 19.6 Å². The van der Waals surface area contributed by atoms with Crippen molar-refractivity contribution >= 4 is 0 Å². The van der Waals surface area contributed by atoms with Crippen molar-refractivity contribution in [3.8, 4) is 0 Å². The van der Waals surface area contributed by atoms with Gasteiger partial charge in [-0.2, -0.15) is 0 Å². The first-order valence-electron chi connectivity index (χ1n) is 7.83. The topological polar surface area (TPSA) is 24.5 Å². The van der Waals surface area contributed by atoms with Crippen LogP contribution in [0.15, 0.2) is 0 Å². The summed E-state index contributed by atoms with van der Waals surface area (Å²) in [5.41, 5.74) is -0.0911. The van der Waals surface area contributed by atoms with Gasteiger partial charge in [-0.05, 0) is 60.9 Å². The molecule has 0 spiro atoms. The summed E-state index contributed by atoms with van der Waals surface area (Å²) >= 11 is 0. The SMILES string of the molecule is CCCNC(C)CC(C)N1CC(C)(C)OC(C)(C)C1. The van der Waals surface area contributed by atoms with Crippen molar-refractivity contribution in [3.63, 3.8) is 0 Å². The van der Waals surface area contributed by atoms with Crippen LogP contribution in [-0.2, 0) is 4.74 Å². The first kappa shape index (κ1) is 16.9. The minimum atomic E-state index is -0.0455. The van der Waals surface area contributed by atoms with E-state index in [1.54, 1.807) is 0 Å². The smallest absolute Gasteiger partial charge is 0.0760 e. The predicted molar refractivity (Wildman–Crippen MR) is 82.7 cm³/mol. The summed E-state index contributed by atoms with van der Waals surface area (Å²) in [6.07, 6.45) is 2.41. The molecule has 2 unspecified atom stereocenters. The van der Waals surface area contributed by atoms with E-state index in [9.17, 15) is 0 Å². The summed E-state index contributed by atoms with van der Waals surface area (Å²) in [6, 6.07) is 1.19. The summed E-state index contributed by atoms with van der Waals surface area (Å²) in [7, 11) is 0. The second-order valence-electron chi connectivity index (χ2n) is 7.47. The molecule has 0 aliphatic carbocycles. The maximum atomic E-state index is 6.15. The first-order chi connectivity index (χ1) is 8.65. The highest BCUT2D eigenvalue weighted by Crippen LogP contribution is 2.29. The van der Waals surface area contributed by atoms with Gasteiger partial charge in [0, 0.05) is 25.2 Å². The molecule has 0 aromatic rings. The third kappa shape index (κ3) is 5.80. The minimum Gasteiger partial charge on any atom is -0.367 e. The Kier molecular flexibility index (Phi) is 5.84. The van der Waals surface area contributed by atoms with Crippen LogP contribution in [-0.4, -0.2) is 47.8 Å². The lowest BCUT2D eigenvalue weighted by Crippen LogP contribution is -2.59. The average Bonchev–Trinajstić information content (AvgIpc) is 2.21. The highest BCUT2D eigenvalue weighted by molar-refractivity contribution is 4.91. The molecule has 0 aromatic heterocycles. The molecular weight excluding hydrogens is 236 g/mol. The molecular formula is C16H34N2O. The summed E-state index contributed by atoms with van der Waals surface area (Å²) in [6.45, 7) is 18.8. The van der Waals surface area contributed by atoms with Gasteiger partial charge >= 0.3 is 0 Å². The van der Waals surface area contributed by atoms with Crippen molar-refractivity contribution in [3.05, 3.63) is 0 Å². The zero-order chi connectivity index (χ0) is 14.7. The monoisotopic (exact) mass is 270 g/mol. The van der Waals surface area contributed by atoms with Crippen molar-refractivity contribution in [2.45, 2.75) is 84.6 Å². The molecule has 2 atom stereocenters. The van der Waals surface area contributed by atoms with Gasteiger partial charge in [-0.15, -0.1) is 0 Å². The van der Waals surface area contributed by atoms with E-state index in [2.05, 4.69) is 58.7 Å². The molecule has 1 heterocycles. The molecule has 0 bridgehead atoms. The van der Waals surface area contributed by atoms with E-state index < -0.39 is 0 Å². The molecule has 114 valence electrons. The van der Waals surface area contributed by atoms with Gasteiger partial charge in [0.1, 0.15) is 0 Å². The van der Waals surface area contributed by atoms with Crippen molar-refractivity contribution < 1.29 is 4.74 Å². The summed E-state index contributed by atoms with van der Waals surface area (Å²) < 4.78 is 6.15. The van der Waals surface area contributed by atoms with Gasteiger partial charge in [0.05, 0.1) is 11.2 Å². The Morgan fingerprint density at radius 1 is 1.11 bits per heavy atom. The van der Waals surface area contributed by atoms with Gasteiger partial charge < -0.3 is 10.1 Å². The van der Waals surface area contributed by atoms with Gasteiger partial charge in [0.25, 0.3) is 0 Å². The predicted octanol–water partition coefficient (Wildman–Crippen LogP) is 3.04. The number of hydrogen-bond acceptors (Lipinski definition) is 3. The van der Waals surface area contributed by atoms with Crippen molar-refractivity contribution in [2.24, 2.45) is 0 Å². The van der Waals surface area contributed by atoms with Crippen LogP contribution in [0.4, 0.5) is 0 Å². The van der Waals surface area contributed by atoms with E-state index in [0.717, 1.165) is 19.6 Å². The molecule has 0 radical (unpaired) electrons. The lowest BCUT2D eigenvalue weighted by Gasteiger charge is -2.49. The number of hydrogen-bond donors (Lipinski definition) is 1. The van der Waals surface area contributed by atoms with Crippen molar-refractivity contribution in [1.82, 2.24) is 10.2 Å². The van der Waals surface area contributed by atoms with Gasteiger partial charge in [0.15, 0.2) is 0 Å². The zero-order valence-electron chi connectivity index (χ0n) is 14.0. The molecule has 1 saturated heterocycles. The highest BCUT2D eigenvalue weighted by Gasteiger charge is 2.39. The lowest BCUT2D eigenvalue weighted by molar-refractivity contribution is -0.187. The fourth-order valence-corrected chi connectivity index (χ4v) is 3.29. The van der Waals surface area contributed by atoms with E-state index in [-0.39, 0.29) is 11.2 Å². The Morgan fingerprint density at radius 3 is 2.11 bits per heavy atom. The Hall–Kier alpha value is -0.120. The van der Waals surface area contributed by atoms with Crippen LogP contribution in [0, 0.1) is 0 Å². The number of nitrogens with zero attached hydrogens (tertiary/aromatic N) is 1. The molecule has 1 fully saturated rings. The Morgan fingerprint density at radius 2 is 1.63 bits per heavy atom. The van der Waals surface area contributed by atoms with E-state index in [4.69, 9.17) is 4.74 Å². The fourth-order valence-electron chi connectivity index (χ4n) is 3.29. The van der Waals surface area contributed by atoms with Crippen LogP contribution in [0.25, 0.3) is 0 Å². The van der Waals surface area contributed by atoms with Crippen LogP contribution in [0.5, 0.6) is 0 Å². The molecule has 19 heavy (non-hydrogen) atoms. The maximum absolute atomic E-state index is 6.15. The normalized spacial score (nSPS) is 26.1. The summed E-state index contributed by atoms with van der Waals surface area (Å²) in [4.78, 5) is 2.59. The largest absolute Gasteiger partial charge is 0.367 e. The Bertz CT molecular complexity index is 260. The average molecular weight is 270 g/mol. The zero-order valence-corrected chi connectivity index (χ0v) is 14.0. The van der Waals surface area contributed by atoms with Gasteiger partial charge in [-0.25, -0.2) is 0 Å². The lowest BCUT2D eigenvalue weighted by atomic mass is 9.96. The summed E-state index contributed by atoms with van der Waals surface area (Å²) in [5, 5.41) is 3.59. The quantitative estimate of drug-likeness (QED) is 0.803. The molecule has 0 amide bonds. The fraction of sp³-hybridized carbons (Fsp3) is 1.00. The molecule has 1 aliphatic rings. The summed E-state index contributed by atoms with van der Waals surface area (Å²) in [5.74, 6) is 0. The molecule has 3 nitrogen and oxygen atoms in total. The van der Waals surface area contributed by atoms with Gasteiger partial charge in [0.2, 0.25) is 0 Å².